The third kappa shape index (κ3) is 5.98. The highest BCUT2D eigenvalue weighted by Gasteiger charge is 2.25. The van der Waals surface area contributed by atoms with Crippen LogP contribution in [0, 0.1) is 19.8 Å². The fourth-order valence-electron chi connectivity index (χ4n) is 3.89. The Morgan fingerprint density at radius 1 is 1.07 bits per heavy atom. The summed E-state index contributed by atoms with van der Waals surface area (Å²) >= 11 is 5.49. The Hall–Kier alpha value is -2.54. The molecule has 158 valence electrons. The van der Waals surface area contributed by atoms with E-state index in [0.29, 0.717) is 23.0 Å². The van der Waals surface area contributed by atoms with Crippen LogP contribution in [0.3, 0.4) is 0 Å². The molecule has 2 aromatic rings. The van der Waals surface area contributed by atoms with Gasteiger partial charge in [-0.25, -0.2) is 9.97 Å². The quantitative estimate of drug-likeness (QED) is 0.443. The van der Waals surface area contributed by atoms with Gasteiger partial charge in [-0.1, -0.05) is 30.3 Å². The third-order valence-corrected chi connectivity index (χ3v) is 5.81. The molecule has 2 heterocycles. The van der Waals surface area contributed by atoms with Crippen molar-refractivity contribution in [3.8, 4) is 0 Å². The van der Waals surface area contributed by atoms with Crippen molar-refractivity contribution >= 4 is 29.2 Å². The lowest BCUT2D eigenvalue weighted by atomic mass is 9.90. The van der Waals surface area contributed by atoms with Gasteiger partial charge in [0.15, 0.2) is 5.11 Å². The number of aryl methyl sites for hydroxylation is 2. The average molecular weight is 423 g/mol. The minimum atomic E-state index is 0.483. The van der Waals surface area contributed by atoms with Gasteiger partial charge in [0.1, 0.15) is 0 Å². The van der Waals surface area contributed by atoms with Crippen molar-refractivity contribution in [2.75, 3.05) is 18.4 Å². The summed E-state index contributed by atoms with van der Waals surface area (Å²) < 4.78 is 0. The molecule has 1 aliphatic carbocycles. The predicted molar refractivity (Wildman–Crippen MR) is 126 cm³/mol. The summed E-state index contributed by atoms with van der Waals surface area (Å²) in [6.07, 6.45) is 5.74. The Kier molecular flexibility index (Phi) is 6.57. The Labute approximate surface area is 184 Å². The number of aliphatic imine (C=N–C) groups is 1. The summed E-state index contributed by atoms with van der Waals surface area (Å²) in [5, 5.41) is 7.19. The first-order chi connectivity index (χ1) is 14.5. The van der Waals surface area contributed by atoms with Gasteiger partial charge in [-0.2, -0.15) is 4.99 Å². The van der Waals surface area contributed by atoms with E-state index in [1.165, 1.54) is 18.4 Å². The summed E-state index contributed by atoms with van der Waals surface area (Å²) in [4.78, 5) is 16.1. The van der Waals surface area contributed by atoms with Gasteiger partial charge in [0.2, 0.25) is 11.9 Å². The van der Waals surface area contributed by atoms with Crippen molar-refractivity contribution in [3.63, 3.8) is 0 Å². The van der Waals surface area contributed by atoms with Crippen molar-refractivity contribution in [3.05, 3.63) is 53.3 Å². The molecule has 0 spiro atoms. The molecule has 0 atom stereocenters. The number of aromatic nitrogens is 2. The van der Waals surface area contributed by atoms with Gasteiger partial charge < -0.3 is 10.2 Å². The number of rotatable bonds is 4. The molecule has 0 amide bonds. The van der Waals surface area contributed by atoms with Gasteiger partial charge in [0, 0.05) is 30.5 Å². The highest BCUT2D eigenvalue weighted by Crippen LogP contribution is 2.23. The molecule has 1 saturated carbocycles. The van der Waals surface area contributed by atoms with Crippen LogP contribution in [-0.4, -0.2) is 45.1 Å². The highest BCUT2D eigenvalue weighted by molar-refractivity contribution is 7.80. The molecule has 0 unspecified atom stereocenters. The maximum atomic E-state index is 5.49. The van der Waals surface area contributed by atoms with Crippen LogP contribution in [0.25, 0.3) is 0 Å². The first-order valence-electron chi connectivity index (χ1n) is 10.8. The molecule has 2 fully saturated rings. The fourth-order valence-corrected chi connectivity index (χ4v) is 4.14. The number of nitrogens with zero attached hydrogens (tertiary/aromatic N) is 4. The summed E-state index contributed by atoms with van der Waals surface area (Å²) in [6, 6.07) is 13.2. The van der Waals surface area contributed by atoms with Gasteiger partial charge in [0.25, 0.3) is 0 Å². The van der Waals surface area contributed by atoms with E-state index < -0.39 is 0 Å². The van der Waals surface area contributed by atoms with E-state index in [9.17, 15) is 0 Å². The van der Waals surface area contributed by atoms with E-state index in [0.717, 1.165) is 49.7 Å². The monoisotopic (exact) mass is 422 g/mol. The number of hydrogen-bond donors (Lipinski definition) is 2. The van der Waals surface area contributed by atoms with Crippen molar-refractivity contribution in [1.82, 2.24) is 20.2 Å². The second-order valence-corrected chi connectivity index (χ2v) is 8.77. The van der Waals surface area contributed by atoms with Crippen molar-refractivity contribution in [2.45, 2.75) is 52.0 Å². The van der Waals surface area contributed by atoms with Crippen LogP contribution in [0.5, 0.6) is 0 Å². The van der Waals surface area contributed by atoms with Gasteiger partial charge in [-0.15, -0.1) is 0 Å². The van der Waals surface area contributed by atoms with Crippen molar-refractivity contribution in [1.29, 1.82) is 0 Å². The number of hydrogen-bond acceptors (Lipinski definition) is 3. The Bertz CT molecular complexity index is 881. The molecule has 4 rings (SSSR count). The zero-order chi connectivity index (χ0) is 20.9. The molecule has 6 nitrogen and oxygen atoms in total. The van der Waals surface area contributed by atoms with Gasteiger partial charge >= 0.3 is 0 Å². The molecule has 7 heteroatoms. The van der Waals surface area contributed by atoms with E-state index in [1.54, 1.807) is 0 Å². The third-order valence-electron chi connectivity index (χ3n) is 5.60. The van der Waals surface area contributed by atoms with Crippen LogP contribution in [0.4, 0.5) is 5.95 Å². The van der Waals surface area contributed by atoms with Crippen LogP contribution in [0.2, 0.25) is 0 Å². The summed E-state index contributed by atoms with van der Waals surface area (Å²) in [5.41, 5.74) is 3.29. The normalized spacial score (nSPS) is 17.7. The summed E-state index contributed by atoms with van der Waals surface area (Å²) in [7, 11) is 0. The van der Waals surface area contributed by atoms with Crippen LogP contribution in [0.1, 0.15) is 42.6 Å². The van der Waals surface area contributed by atoms with E-state index in [2.05, 4.69) is 55.8 Å². The maximum Gasteiger partial charge on any atom is 0.229 e. The highest BCUT2D eigenvalue weighted by atomic mass is 32.1. The first-order valence-corrected chi connectivity index (χ1v) is 11.2. The molecular formula is C23H30N6S. The minimum absolute atomic E-state index is 0.483. The Morgan fingerprint density at radius 2 is 1.73 bits per heavy atom. The molecule has 0 radical (unpaired) electrons. The van der Waals surface area contributed by atoms with Crippen molar-refractivity contribution < 1.29 is 0 Å². The minimum Gasteiger partial charge on any atom is -0.358 e. The lowest BCUT2D eigenvalue weighted by molar-refractivity contribution is 0.265. The second-order valence-electron chi connectivity index (χ2n) is 8.38. The number of piperidine rings is 1. The number of benzene rings is 1. The zero-order valence-corrected chi connectivity index (χ0v) is 18.6. The molecule has 1 aliphatic heterocycles. The molecule has 2 N–H and O–H groups in total. The van der Waals surface area contributed by atoms with Gasteiger partial charge in [-0.05, 0) is 75.7 Å². The number of guanidine groups is 1. The number of nitrogens with one attached hydrogen (secondary N) is 2. The van der Waals surface area contributed by atoms with E-state index in [1.807, 2.05) is 19.9 Å². The summed E-state index contributed by atoms with van der Waals surface area (Å²) in [6.45, 7) is 5.84. The van der Waals surface area contributed by atoms with E-state index >= 15 is 0 Å². The summed E-state index contributed by atoms with van der Waals surface area (Å²) in [5.74, 6) is 2.02. The number of likely N-dealkylation sites (tertiary alicyclic amines) is 1. The van der Waals surface area contributed by atoms with Crippen LogP contribution < -0.4 is 10.6 Å². The second kappa shape index (κ2) is 9.51. The van der Waals surface area contributed by atoms with Gasteiger partial charge in [-0.3, -0.25) is 5.32 Å². The Balaban J connectivity index is 1.44. The predicted octanol–water partition coefficient (Wildman–Crippen LogP) is 3.85. The molecule has 30 heavy (non-hydrogen) atoms. The van der Waals surface area contributed by atoms with Crippen LogP contribution >= 0.6 is 12.2 Å². The largest absolute Gasteiger partial charge is 0.358 e. The molecule has 2 aliphatic rings. The Morgan fingerprint density at radius 3 is 2.37 bits per heavy atom. The van der Waals surface area contributed by atoms with E-state index in [4.69, 9.17) is 17.2 Å². The lowest BCUT2D eigenvalue weighted by Crippen LogP contribution is -2.43. The molecule has 1 aromatic carbocycles. The van der Waals surface area contributed by atoms with Crippen molar-refractivity contribution in [2.24, 2.45) is 10.9 Å². The zero-order valence-electron chi connectivity index (χ0n) is 17.8. The number of thiocarbonyl (C=S) groups is 1. The van der Waals surface area contributed by atoms with Gasteiger partial charge in [0.05, 0.1) is 0 Å². The van der Waals surface area contributed by atoms with Crippen LogP contribution in [0.15, 0.2) is 41.4 Å². The molecule has 1 saturated heterocycles. The SMILES string of the molecule is Cc1cc(C)nc(N/C(=N/C(=S)NC2CC2)N2CCC(Cc3ccccc3)CC2)n1. The topological polar surface area (TPSA) is 65.4 Å². The maximum absolute atomic E-state index is 5.49. The van der Waals surface area contributed by atoms with E-state index in [-0.39, 0.29) is 0 Å². The fraction of sp³-hybridized carbons (Fsp3) is 0.478. The number of anilines is 1. The average Bonchev–Trinajstić information content (AvgIpc) is 3.52. The molecule has 0 bridgehead atoms. The standard InChI is InChI=1S/C23H30N6S/c1-16-14-17(2)25-21(24-16)27-22(28-23(30)26-20-8-9-20)29-12-10-19(11-13-29)15-18-6-4-3-5-7-18/h3-7,14,19-20H,8-13,15H2,1-2H3,(H2,24,25,26,27,28,30). The lowest BCUT2D eigenvalue weighted by Gasteiger charge is -2.34. The molecular weight excluding hydrogens is 392 g/mol. The van der Waals surface area contributed by atoms with Crippen LogP contribution in [-0.2, 0) is 6.42 Å². The molecule has 1 aromatic heterocycles. The first kappa shape index (κ1) is 20.7. The smallest absolute Gasteiger partial charge is 0.229 e.